The molecule has 0 aliphatic heterocycles. The van der Waals surface area contributed by atoms with E-state index in [4.69, 9.17) is 9.72 Å². The Kier molecular flexibility index (Phi) is 5.41. The summed E-state index contributed by atoms with van der Waals surface area (Å²) in [6.07, 6.45) is 4.19. The van der Waals surface area contributed by atoms with Gasteiger partial charge in [0.2, 0.25) is 5.91 Å². The minimum atomic E-state index is -0.109. The van der Waals surface area contributed by atoms with Crippen molar-refractivity contribution in [2.75, 3.05) is 19.9 Å². The number of thiophene rings is 1. The van der Waals surface area contributed by atoms with Crippen molar-refractivity contribution < 1.29 is 9.53 Å². The van der Waals surface area contributed by atoms with Gasteiger partial charge in [-0.3, -0.25) is 14.2 Å². The van der Waals surface area contributed by atoms with Gasteiger partial charge < -0.3 is 10.1 Å². The molecule has 3 aromatic rings. The molecule has 6 nitrogen and oxygen atoms in total. The third-order valence-corrected chi connectivity index (χ3v) is 7.01. The number of nitrogens with one attached hydrogen (secondary N) is 1. The third kappa shape index (κ3) is 3.42. The fourth-order valence-electron chi connectivity index (χ4n) is 3.46. The summed E-state index contributed by atoms with van der Waals surface area (Å²) in [5.74, 6) is 0.755. The summed E-state index contributed by atoms with van der Waals surface area (Å²) in [7, 11) is 3.20. The maximum absolute atomic E-state index is 13.6. The van der Waals surface area contributed by atoms with Crippen molar-refractivity contribution in [1.82, 2.24) is 14.9 Å². The number of hydrogen-bond acceptors (Lipinski definition) is 6. The first kappa shape index (κ1) is 19.0. The first-order chi connectivity index (χ1) is 13.6. The van der Waals surface area contributed by atoms with Crippen molar-refractivity contribution in [1.29, 1.82) is 0 Å². The normalized spacial score (nSPS) is 13.4. The lowest BCUT2D eigenvalue weighted by Gasteiger charge is -2.14. The van der Waals surface area contributed by atoms with Gasteiger partial charge in [0.1, 0.15) is 10.6 Å². The molecule has 4 rings (SSSR count). The third-order valence-electron chi connectivity index (χ3n) is 4.88. The molecule has 0 atom stereocenters. The smallest absolute Gasteiger partial charge is 0.267 e. The lowest BCUT2D eigenvalue weighted by atomic mass is 9.97. The summed E-state index contributed by atoms with van der Waals surface area (Å²) in [4.78, 5) is 32.2. The van der Waals surface area contributed by atoms with E-state index in [1.165, 1.54) is 16.6 Å². The number of rotatable bonds is 5. The number of hydrogen-bond donors (Lipinski definition) is 1. The molecule has 0 unspecified atom stereocenters. The average molecular weight is 416 g/mol. The van der Waals surface area contributed by atoms with Crippen LogP contribution >= 0.6 is 23.1 Å². The molecule has 28 heavy (non-hydrogen) atoms. The van der Waals surface area contributed by atoms with Gasteiger partial charge in [-0.05, 0) is 43.4 Å². The van der Waals surface area contributed by atoms with Gasteiger partial charge in [-0.25, -0.2) is 4.98 Å². The number of carbonyl (C=O) groups excluding carboxylic acids is 1. The number of thioether (sulfide) groups is 1. The summed E-state index contributed by atoms with van der Waals surface area (Å²) >= 11 is 2.89. The molecule has 2 heterocycles. The van der Waals surface area contributed by atoms with E-state index in [9.17, 15) is 9.59 Å². The predicted molar refractivity (Wildman–Crippen MR) is 113 cm³/mol. The minimum absolute atomic E-state index is 0.0722. The lowest BCUT2D eigenvalue weighted by Crippen LogP contribution is -2.24. The van der Waals surface area contributed by atoms with Crippen LogP contribution < -0.4 is 15.6 Å². The second kappa shape index (κ2) is 7.97. The van der Waals surface area contributed by atoms with Crippen LogP contribution in [0.1, 0.15) is 23.3 Å². The van der Waals surface area contributed by atoms with Gasteiger partial charge in [-0.1, -0.05) is 17.8 Å². The van der Waals surface area contributed by atoms with Gasteiger partial charge >= 0.3 is 0 Å². The molecule has 1 amide bonds. The highest BCUT2D eigenvalue weighted by atomic mass is 32.2. The Labute approximate surface area is 170 Å². The van der Waals surface area contributed by atoms with Crippen molar-refractivity contribution in [2.45, 2.75) is 30.8 Å². The van der Waals surface area contributed by atoms with Crippen LogP contribution in [0.25, 0.3) is 15.9 Å². The SMILES string of the molecule is CNC(=O)CSc1nc2sc3c(c2c(=O)n1-c1cccc(OC)c1)CCCC3. The van der Waals surface area contributed by atoms with Crippen LogP contribution in [0.2, 0.25) is 0 Å². The molecular weight excluding hydrogens is 394 g/mol. The Morgan fingerprint density at radius 2 is 2.18 bits per heavy atom. The second-order valence-corrected chi connectivity index (χ2v) is 8.62. The molecule has 1 aromatic carbocycles. The first-order valence-electron chi connectivity index (χ1n) is 9.17. The summed E-state index contributed by atoms with van der Waals surface area (Å²) in [6.45, 7) is 0. The number of ether oxygens (including phenoxy) is 1. The summed E-state index contributed by atoms with van der Waals surface area (Å²) < 4.78 is 6.94. The lowest BCUT2D eigenvalue weighted by molar-refractivity contribution is -0.118. The van der Waals surface area contributed by atoms with Crippen LogP contribution in [0.15, 0.2) is 34.2 Å². The molecule has 1 aliphatic rings. The van der Waals surface area contributed by atoms with Crippen LogP contribution in [0.4, 0.5) is 0 Å². The van der Waals surface area contributed by atoms with Crippen LogP contribution in [0, 0.1) is 0 Å². The molecule has 146 valence electrons. The number of carbonyl (C=O) groups is 1. The maximum atomic E-state index is 13.6. The Bertz CT molecular complexity index is 1100. The van der Waals surface area contributed by atoms with E-state index >= 15 is 0 Å². The van der Waals surface area contributed by atoms with Gasteiger partial charge in [-0.2, -0.15) is 0 Å². The Morgan fingerprint density at radius 1 is 1.36 bits per heavy atom. The molecule has 0 saturated carbocycles. The monoisotopic (exact) mass is 415 g/mol. The molecule has 1 N–H and O–H groups in total. The van der Waals surface area contributed by atoms with Gasteiger partial charge in [0.05, 0.1) is 23.9 Å². The van der Waals surface area contributed by atoms with E-state index in [1.807, 2.05) is 24.3 Å². The number of amides is 1. The zero-order valence-corrected chi connectivity index (χ0v) is 17.4. The molecule has 0 saturated heterocycles. The molecule has 2 aromatic heterocycles. The van der Waals surface area contributed by atoms with Crippen molar-refractivity contribution in [3.63, 3.8) is 0 Å². The molecule has 0 radical (unpaired) electrons. The Hall–Kier alpha value is -2.32. The highest BCUT2D eigenvalue weighted by Crippen LogP contribution is 2.35. The molecule has 8 heteroatoms. The van der Waals surface area contributed by atoms with Crippen molar-refractivity contribution in [3.8, 4) is 11.4 Å². The molecule has 0 bridgehead atoms. The van der Waals surface area contributed by atoms with E-state index in [-0.39, 0.29) is 17.2 Å². The quantitative estimate of drug-likeness (QED) is 0.512. The largest absolute Gasteiger partial charge is 0.497 e. The second-order valence-electron chi connectivity index (χ2n) is 6.59. The minimum Gasteiger partial charge on any atom is -0.497 e. The van der Waals surface area contributed by atoms with Gasteiger partial charge in [0.25, 0.3) is 5.56 Å². The zero-order valence-electron chi connectivity index (χ0n) is 15.8. The van der Waals surface area contributed by atoms with Crippen molar-refractivity contribution in [3.05, 3.63) is 45.1 Å². The Morgan fingerprint density at radius 3 is 2.96 bits per heavy atom. The van der Waals surface area contributed by atoms with E-state index in [1.54, 1.807) is 30.1 Å². The summed E-state index contributed by atoms with van der Waals surface area (Å²) in [5, 5.41) is 3.86. The van der Waals surface area contributed by atoms with E-state index < -0.39 is 0 Å². The summed E-state index contributed by atoms with van der Waals surface area (Å²) in [6, 6.07) is 7.36. The fraction of sp³-hybridized carbons (Fsp3) is 0.350. The highest BCUT2D eigenvalue weighted by Gasteiger charge is 2.23. The Balaban J connectivity index is 1.94. The van der Waals surface area contributed by atoms with Crippen LogP contribution in [-0.2, 0) is 17.6 Å². The number of nitrogens with zero attached hydrogens (tertiary/aromatic N) is 2. The van der Waals surface area contributed by atoms with Gasteiger partial charge in [0, 0.05) is 18.0 Å². The van der Waals surface area contributed by atoms with Crippen LogP contribution in [0.5, 0.6) is 5.75 Å². The van der Waals surface area contributed by atoms with Crippen molar-refractivity contribution >= 4 is 39.2 Å². The van der Waals surface area contributed by atoms with Crippen LogP contribution in [0.3, 0.4) is 0 Å². The standard InChI is InChI=1S/C20H21N3O3S2/c1-21-16(24)11-27-20-22-18-17(14-8-3-4-9-15(14)28-18)19(25)23(20)12-6-5-7-13(10-12)26-2/h5-7,10H,3-4,8-9,11H2,1-2H3,(H,21,24). The predicted octanol–water partition coefficient (Wildman–Crippen LogP) is 3.17. The van der Waals surface area contributed by atoms with Crippen molar-refractivity contribution in [2.24, 2.45) is 0 Å². The number of aromatic nitrogens is 2. The fourth-order valence-corrected chi connectivity index (χ4v) is 5.65. The topological polar surface area (TPSA) is 73.2 Å². The molecular formula is C20H21N3O3S2. The van der Waals surface area contributed by atoms with Gasteiger partial charge in [-0.15, -0.1) is 11.3 Å². The van der Waals surface area contributed by atoms with E-state index in [2.05, 4.69) is 5.32 Å². The average Bonchev–Trinajstić information content (AvgIpc) is 3.10. The zero-order chi connectivity index (χ0) is 19.7. The molecule has 0 fully saturated rings. The highest BCUT2D eigenvalue weighted by molar-refractivity contribution is 7.99. The summed E-state index contributed by atoms with van der Waals surface area (Å²) in [5.41, 5.74) is 1.77. The number of methoxy groups -OCH3 is 1. The maximum Gasteiger partial charge on any atom is 0.267 e. The number of benzene rings is 1. The first-order valence-corrected chi connectivity index (χ1v) is 11.0. The number of fused-ring (bicyclic) bond motifs is 3. The van der Waals surface area contributed by atoms with Crippen LogP contribution in [-0.4, -0.2) is 35.4 Å². The molecule has 0 spiro atoms. The van der Waals surface area contributed by atoms with Gasteiger partial charge in [0.15, 0.2) is 5.16 Å². The molecule has 1 aliphatic carbocycles. The number of aryl methyl sites for hydroxylation is 2. The van der Waals surface area contributed by atoms with E-state index in [0.29, 0.717) is 16.6 Å². The van der Waals surface area contributed by atoms with E-state index in [0.717, 1.165) is 41.5 Å².